The molecule has 0 radical (unpaired) electrons. The maximum absolute atomic E-state index is 12.1. The number of nitrogens with one attached hydrogen (secondary N) is 1. The molecule has 1 aromatic heterocycles. The van der Waals surface area contributed by atoms with Gasteiger partial charge in [-0.05, 0) is 13.8 Å². The van der Waals surface area contributed by atoms with E-state index in [0.29, 0.717) is 32.1 Å². The van der Waals surface area contributed by atoms with Gasteiger partial charge in [-0.15, -0.1) is 0 Å². The van der Waals surface area contributed by atoms with Crippen LogP contribution in [0.3, 0.4) is 0 Å². The molecule has 2 amide bonds. The van der Waals surface area contributed by atoms with E-state index < -0.39 is 0 Å². The van der Waals surface area contributed by atoms with Gasteiger partial charge in [0.1, 0.15) is 0 Å². The average molecular weight is 280 g/mol. The van der Waals surface area contributed by atoms with Gasteiger partial charge in [0.05, 0.1) is 11.7 Å². The number of hydrogen-bond acceptors (Lipinski definition) is 5. The SMILES string of the molecule is CC(=O)N1CCN(C(C)C(=O)Nc2cc(C)no2)CC1. The third-order valence-corrected chi connectivity index (χ3v) is 3.56. The highest BCUT2D eigenvalue weighted by molar-refractivity contribution is 5.93. The van der Waals surface area contributed by atoms with Crippen LogP contribution in [0.15, 0.2) is 10.6 Å². The second kappa shape index (κ2) is 6.04. The lowest BCUT2D eigenvalue weighted by atomic mass is 10.2. The Morgan fingerprint density at radius 1 is 1.35 bits per heavy atom. The van der Waals surface area contributed by atoms with Gasteiger partial charge in [0, 0.05) is 39.2 Å². The Balaban J connectivity index is 1.86. The summed E-state index contributed by atoms with van der Waals surface area (Å²) in [7, 11) is 0. The van der Waals surface area contributed by atoms with Crippen LogP contribution in [0.5, 0.6) is 0 Å². The number of amides is 2. The van der Waals surface area contributed by atoms with Gasteiger partial charge >= 0.3 is 0 Å². The quantitative estimate of drug-likeness (QED) is 0.871. The average Bonchev–Trinajstić information content (AvgIpc) is 2.83. The van der Waals surface area contributed by atoms with E-state index in [1.54, 1.807) is 24.8 Å². The van der Waals surface area contributed by atoms with Crippen molar-refractivity contribution in [2.75, 3.05) is 31.5 Å². The van der Waals surface area contributed by atoms with Crippen LogP contribution in [0.1, 0.15) is 19.5 Å². The molecule has 1 aliphatic rings. The van der Waals surface area contributed by atoms with Crippen LogP contribution < -0.4 is 5.32 Å². The first-order valence-electron chi connectivity index (χ1n) is 6.71. The molecule has 1 aromatic rings. The van der Waals surface area contributed by atoms with Gasteiger partial charge in [-0.2, -0.15) is 0 Å². The topological polar surface area (TPSA) is 78.7 Å². The first-order valence-corrected chi connectivity index (χ1v) is 6.71. The first kappa shape index (κ1) is 14.5. The minimum absolute atomic E-state index is 0.0823. The summed E-state index contributed by atoms with van der Waals surface area (Å²) in [4.78, 5) is 27.2. The fourth-order valence-electron chi connectivity index (χ4n) is 2.24. The molecule has 1 aliphatic heterocycles. The van der Waals surface area contributed by atoms with Gasteiger partial charge in [-0.1, -0.05) is 5.16 Å². The number of carbonyl (C=O) groups excluding carboxylic acids is 2. The van der Waals surface area contributed by atoms with E-state index in [9.17, 15) is 9.59 Å². The lowest BCUT2D eigenvalue weighted by molar-refractivity contribution is -0.131. The standard InChI is InChI=1S/C13H20N4O3/c1-9-8-12(20-15-9)14-13(19)10(2)16-4-6-17(7-5-16)11(3)18/h8,10H,4-7H2,1-3H3,(H,14,19). The molecule has 1 N–H and O–H groups in total. The van der Waals surface area contributed by atoms with Crippen LogP contribution in [-0.4, -0.2) is 59.0 Å². The van der Waals surface area contributed by atoms with Gasteiger partial charge in [-0.25, -0.2) is 0 Å². The highest BCUT2D eigenvalue weighted by Gasteiger charge is 2.26. The van der Waals surface area contributed by atoms with E-state index in [4.69, 9.17) is 4.52 Å². The summed E-state index contributed by atoms with van der Waals surface area (Å²) in [6.07, 6.45) is 0. The number of anilines is 1. The summed E-state index contributed by atoms with van der Waals surface area (Å²) in [6, 6.07) is 1.41. The van der Waals surface area contributed by atoms with Crippen LogP contribution in [0, 0.1) is 6.92 Å². The summed E-state index contributed by atoms with van der Waals surface area (Å²) in [6.45, 7) is 7.93. The van der Waals surface area contributed by atoms with E-state index in [1.165, 1.54) is 0 Å². The molecule has 0 aromatic carbocycles. The summed E-state index contributed by atoms with van der Waals surface area (Å²) in [5.74, 6) is 0.318. The normalized spacial score (nSPS) is 17.9. The number of aromatic nitrogens is 1. The van der Waals surface area contributed by atoms with E-state index in [0.717, 1.165) is 5.69 Å². The Bertz CT molecular complexity index is 492. The fourth-order valence-corrected chi connectivity index (χ4v) is 2.24. The zero-order valence-electron chi connectivity index (χ0n) is 12.0. The number of nitrogens with zero attached hydrogens (tertiary/aromatic N) is 3. The number of hydrogen-bond donors (Lipinski definition) is 1. The maximum Gasteiger partial charge on any atom is 0.243 e. The molecule has 0 saturated carbocycles. The lowest BCUT2D eigenvalue weighted by Crippen LogP contribution is -2.53. The molecular weight excluding hydrogens is 260 g/mol. The largest absolute Gasteiger partial charge is 0.340 e. The molecule has 2 heterocycles. The smallest absolute Gasteiger partial charge is 0.243 e. The third-order valence-electron chi connectivity index (χ3n) is 3.56. The van der Waals surface area contributed by atoms with Crippen molar-refractivity contribution in [1.82, 2.24) is 15.0 Å². The molecule has 7 nitrogen and oxygen atoms in total. The molecular formula is C13H20N4O3. The van der Waals surface area contributed by atoms with Crippen LogP contribution in [0.4, 0.5) is 5.88 Å². The van der Waals surface area contributed by atoms with Gasteiger partial charge in [-0.3, -0.25) is 19.8 Å². The second-order valence-corrected chi connectivity index (χ2v) is 5.04. The Morgan fingerprint density at radius 2 is 2.00 bits per heavy atom. The van der Waals surface area contributed by atoms with Crippen molar-refractivity contribution in [2.24, 2.45) is 0 Å². The highest BCUT2D eigenvalue weighted by Crippen LogP contribution is 2.12. The van der Waals surface area contributed by atoms with Crippen LogP contribution >= 0.6 is 0 Å². The number of carbonyl (C=O) groups is 2. The Morgan fingerprint density at radius 3 is 2.50 bits per heavy atom. The molecule has 0 spiro atoms. The number of piperazine rings is 1. The molecule has 20 heavy (non-hydrogen) atoms. The van der Waals surface area contributed by atoms with Crippen LogP contribution in [0.2, 0.25) is 0 Å². The number of aryl methyl sites for hydroxylation is 1. The molecule has 1 unspecified atom stereocenters. The molecule has 1 fully saturated rings. The summed E-state index contributed by atoms with van der Waals surface area (Å²) in [5, 5.41) is 6.43. The van der Waals surface area contributed by atoms with Crippen molar-refractivity contribution in [2.45, 2.75) is 26.8 Å². The Hall–Kier alpha value is -1.89. The first-order chi connectivity index (χ1) is 9.47. The molecule has 1 atom stereocenters. The monoisotopic (exact) mass is 280 g/mol. The van der Waals surface area contributed by atoms with E-state index in [2.05, 4.69) is 15.4 Å². The van der Waals surface area contributed by atoms with Crippen molar-refractivity contribution >= 4 is 17.7 Å². The Labute approximate surface area is 117 Å². The van der Waals surface area contributed by atoms with E-state index >= 15 is 0 Å². The van der Waals surface area contributed by atoms with Gasteiger partial charge in [0.15, 0.2) is 0 Å². The lowest BCUT2D eigenvalue weighted by Gasteiger charge is -2.36. The summed E-state index contributed by atoms with van der Waals surface area (Å²) in [5.41, 5.74) is 0.725. The highest BCUT2D eigenvalue weighted by atomic mass is 16.5. The molecule has 110 valence electrons. The van der Waals surface area contributed by atoms with Crippen LogP contribution in [-0.2, 0) is 9.59 Å². The van der Waals surface area contributed by atoms with Crippen molar-refractivity contribution in [3.63, 3.8) is 0 Å². The minimum Gasteiger partial charge on any atom is -0.340 e. The Kier molecular flexibility index (Phi) is 4.39. The zero-order valence-corrected chi connectivity index (χ0v) is 12.0. The van der Waals surface area contributed by atoms with Crippen LogP contribution in [0.25, 0.3) is 0 Å². The van der Waals surface area contributed by atoms with E-state index in [1.807, 2.05) is 6.92 Å². The second-order valence-electron chi connectivity index (χ2n) is 5.04. The maximum atomic E-state index is 12.1. The van der Waals surface area contributed by atoms with Crippen molar-refractivity contribution < 1.29 is 14.1 Å². The zero-order chi connectivity index (χ0) is 14.7. The van der Waals surface area contributed by atoms with Gasteiger partial charge < -0.3 is 9.42 Å². The molecule has 7 heteroatoms. The predicted molar refractivity (Wildman–Crippen MR) is 73.2 cm³/mol. The van der Waals surface area contributed by atoms with Gasteiger partial charge in [0.2, 0.25) is 17.7 Å². The summed E-state index contributed by atoms with van der Waals surface area (Å²) >= 11 is 0. The van der Waals surface area contributed by atoms with Crippen molar-refractivity contribution in [3.8, 4) is 0 Å². The van der Waals surface area contributed by atoms with Crippen molar-refractivity contribution in [1.29, 1.82) is 0 Å². The third kappa shape index (κ3) is 3.36. The predicted octanol–water partition coefficient (Wildman–Crippen LogP) is 0.474. The van der Waals surface area contributed by atoms with Gasteiger partial charge in [0.25, 0.3) is 0 Å². The van der Waals surface area contributed by atoms with Crippen molar-refractivity contribution in [3.05, 3.63) is 11.8 Å². The molecule has 1 saturated heterocycles. The molecule has 2 rings (SSSR count). The molecule has 0 aliphatic carbocycles. The van der Waals surface area contributed by atoms with E-state index in [-0.39, 0.29) is 17.9 Å². The molecule has 0 bridgehead atoms. The minimum atomic E-state index is -0.269. The summed E-state index contributed by atoms with van der Waals surface area (Å²) < 4.78 is 4.97. The fraction of sp³-hybridized carbons (Fsp3) is 0.615. The number of rotatable bonds is 3.